The van der Waals surface area contributed by atoms with Crippen LogP contribution < -0.4 is 14.8 Å². The Morgan fingerprint density at radius 3 is 2.57 bits per heavy atom. The summed E-state index contributed by atoms with van der Waals surface area (Å²) in [5.41, 5.74) is 0.611. The van der Waals surface area contributed by atoms with E-state index < -0.39 is 0 Å². The Morgan fingerprint density at radius 2 is 1.95 bits per heavy atom. The smallest absolute Gasteiger partial charge is 0.251 e. The minimum absolute atomic E-state index is 0.0112. The third kappa shape index (κ3) is 4.13. The second-order valence-corrected chi connectivity index (χ2v) is 7.02. The van der Waals surface area contributed by atoms with Gasteiger partial charge in [0.25, 0.3) is 5.91 Å². The SMILES string of the molecule is CC(C)(C)C(CCBr)NC(=O)c1ccc2c(c1)OCCO2. The van der Waals surface area contributed by atoms with Gasteiger partial charge in [0.2, 0.25) is 0 Å². The molecule has 0 aliphatic carbocycles. The number of hydrogen-bond donors (Lipinski definition) is 1. The second kappa shape index (κ2) is 6.69. The van der Waals surface area contributed by atoms with Crippen molar-refractivity contribution in [3.05, 3.63) is 23.8 Å². The molecule has 0 saturated carbocycles. The Kier molecular flexibility index (Phi) is 5.14. The van der Waals surface area contributed by atoms with Crippen molar-refractivity contribution < 1.29 is 14.3 Å². The van der Waals surface area contributed by atoms with Crippen LogP contribution in [-0.2, 0) is 0 Å². The normalized spacial score (nSPS) is 15.4. The number of halogens is 1. The molecule has 1 aliphatic rings. The van der Waals surface area contributed by atoms with E-state index in [1.54, 1.807) is 18.2 Å². The highest BCUT2D eigenvalue weighted by Gasteiger charge is 2.26. The van der Waals surface area contributed by atoms with Crippen molar-refractivity contribution >= 4 is 21.8 Å². The summed E-state index contributed by atoms with van der Waals surface area (Å²) < 4.78 is 11.0. The number of benzene rings is 1. The number of carbonyl (C=O) groups is 1. The summed E-state index contributed by atoms with van der Waals surface area (Å²) in [4.78, 5) is 12.4. The van der Waals surface area contributed by atoms with Gasteiger partial charge in [-0.3, -0.25) is 4.79 Å². The third-order valence-electron chi connectivity index (χ3n) is 3.55. The van der Waals surface area contributed by atoms with Gasteiger partial charge in [0.15, 0.2) is 11.5 Å². The van der Waals surface area contributed by atoms with Crippen molar-refractivity contribution in [2.24, 2.45) is 5.41 Å². The van der Waals surface area contributed by atoms with Gasteiger partial charge in [0.05, 0.1) is 0 Å². The van der Waals surface area contributed by atoms with Crippen molar-refractivity contribution in [3.63, 3.8) is 0 Å². The zero-order valence-electron chi connectivity index (χ0n) is 12.7. The summed E-state index contributed by atoms with van der Waals surface area (Å²) in [5, 5.41) is 3.97. The number of fused-ring (bicyclic) bond motifs is 1. The van der Waals surface area contributed by atoms with E-state index in [4.69, 9.17) is 9.47 Å². The van der Waals surface area contributed by atoms with Gasteiger partial charge in [-0.1, -0.05) is 36.7 Å². The number of alkyl halides is 1. The monoisotopic (exact) mass is 355 g/mol. The maximum Gasteiger partial charge on any atom is 0.251 e. The van der Waals surface area contributed by atoms with E-state index in [1.807, 2.05) is 0 Å². The fraction of sp³-hybridized carbons (Fsp3) is 0.562. The summed E-state index contributed by atoms with van der Waals surface area (Å²) in [6.45, 7) is 7.46. The molecule has 1 N–H and O–H groups in total. The lowest BCUT2D eigenvalue weighted by molar-refractivity contribution is 0.0899. The summed E-state index contributed by atoms with van der Waals surface area (Å²) in [6, 6.07) is 5.42. The number of hydrogen-bond acceptors (Lipinski definition) is 3. The molecular weight excluding hydrogens is 334 g/mol. The van der Waals surface area contributed by atoms with Crippen LogP contribution in [0.5, 0.6) is 11.5 Å². The fourth-order valence-electron chi connectivity index (χ4n) is 2.26. The van der Waals surface area contributed by atoms with Gasteiger partial charge in [-0.25, -0.2) is 0 Å². The average molecular weight is 356 g/mol. The highest BCUT2D eigenvalue weighted by Crippen LogP contribution is 2.31. The minimum Gasteiger partial charge on any atom is -0.486 e. The van der Waals surface area contributed by atoms with Crippen LogP contribution in [0.2, 0.25) is 0 Å². The molecule has 0 spiro atoms. The van der Waals surface area contributed by atoms with Gasteiger partial charge < -0.3 is 14.8 Å². The maximum atomic E-state index is 12.4. The molecule has 1 atom stereocenters. The molecular formula is C16H22BrNO3. The molecule has 0 radical (unpaired) electrons. The molecule has 1 aromatic carbocycles. The summed E-state index contributed by atoms with van der Waals surface area (Å²) >= 11 is 3.45. The summed E-state index contributed by atoms with van der Waals surface area (Å²) in [6.07, 6.45) is 0.889. The molecule has 0 aromatic heterocycles. The first-order valence-electron chi connectivity index (χ1n) is 7.18. The summed E-state index contributed by atoms with van der Waals surface area (Å²) in [5.74, 6) is 1.26. The van der Waals surface area contributed by atoms with E-state index in [1.165, 1.54) is 0 Å². The average Bonchev–Trinajstić information content (AvgIpc) is 2.45. The van der Waals surface area contributed by atoms with E-state index >= 15 is 0 Å². The van der Waals surface area contributed by atoms with Crippen LogP contribution in [-0.4, -0.2) is 30.5 Å². The molecule has 1 unspecified atom stereocenters. The van der Waals surface area contributed by atoms with Crippen molar-refractivity contribution in [1.82, 2.24) is 5.32 Å². The van der Waals surface area contributed by atoms with Crippen LogP contribution in [0, 0.1) is 5.41 Å². The Bertz CT molecular complexity index is 511. The lowest BCUT2D eigenvalue weighted by Gasteiger charge is -2.31. The van der Waals surface area contributed by atoms with Gasteiger partial charge in [-0.05, 0) is 30.0 Å². The summed E-state index contributed by atoms with van der Waals surface area (Å²) in [7, 11) is 0. The van der Waals surface area contributed by atoms with Gasteiger partial charge in [0, 0.05) is 16.9 Å². The van der Waals surface area contributed by atoms with Crippen LogP contribution >= 0.6 is 15.9 Å². The van der Waals surface area contributed by atoms with E-state index in [0.29, 0.717) is 30.3 Å². The Balaban J connectivity index is 2.12. The first-order chi connectivity index (χ1) is 9.91. The quantitative estimate of drug-likeness (QED) is 0.842. The highest BCUT2D eigenvalue weighted by molar-refractivity contribution is 9.09. The minimum atomic E-state index is -0.0761. The van der Waals surface area contributed by atoms with Gasteiger partial charge in [-0.2, -0.15) is 0 Å². The molecule has 5 heteroatoms. The van der Waals surface area contributed by atoms with E-state index in [2.05, 4.69) is 42.0 Å². The molecule has 0 bridgehead atoms. The first kappa shape index (κ1) is 16.1. The number of nitrogens with one attached hydrogen (secondary N) is 1. The van der Waals surface area contributed by atoms with Crippen molar-refractivity contribution in [1.29, 1.82) is 0 Å². The molecule has 1 aromatic rings. The van der Waals surface area contributed by atoms with Gasteiger partial charge >= 0.3 is 0 Å². The first-order valence-corrected chi connectivity index (χ1v) is 8.30. The standard InChI is InChI=1S/C16H22BrNO3/c1-16(2,3)14(6-7-17)18-15(19)11-4-5-12-13(10-11)21-9-8-20-12/h4-5,10,14H,6-9H2,1-3H3,(H,18,19). The maximum absolute atomic E-state index is 12.4. The Morgan fingerprint density at radius 1 is 1.29 bits per heavy atom. The largest absolute Gasteiger partial charge is 0.486 e. The molecule has 4 nitrogen and oxygen atoms in total. The Labute approximate surface area is 134 Å². The molecule has 0 fully saturated rings. The van der Waals surface area contributed by atoms with Crippen molar-refractivity contribution in [3.8, 4) is 11.5 Å². The zero-order valence-corrected chi connectivity index (χ0v) is 14.3. The van der Waals surface area contributed by atoms with Crippen LogP contribution in [0.15, 0.2) is 18.2 Å². The van der Waals surface area contributed by atoms with Crippen LogP contribution in [0.25, 0.3) is 0 Å². The topological polar surface area (TPSA) is 47.6 Å². The fourth-order valence-corrected chi connectivity index (χ4v) is 2.71. The van der Waals surface area contributed by atoms with Gasteiger partial charge in [-0.15, -0.1) is 0 Å². The van der Waals surface area contributed by atoms with E-state index in [-0.39, 0.29) is 17.4 Å². The van der Waals surface area contributed by atoms with E-state index in [9.17, 15) is 4.79 Å². The molecule has 1 aliphatic heterocycles. The third-order valence-corrected chi connectivity index (χ3v) is 4.01. The second-order valence-electron chi connectivity index (χ2n) is 6.23. The number of amides is 1. The van der Waals surface area contributed by atoms with E-state index in [0.717, 1.165) is 11.8 Å². The highest BCUT2D eigenvalue weighted by atomic mass is 79.9. The Hall–Kier alpha value is -1.23. The predicted octanol–water partition coefficient (Wildman–Crippen LogP) is 3.39. The van der Waals surface area contributed by atoms with Crippen LogP contribution in [0.3, 0.4) is 0 Å². The van der Waals surface area contributed by atoms with Gasteiger partial charge in [0.1, 0.15) is 13.2 Å². The molecule has 1 heterocycles. The molecule has 21 heavy (non-hydrogen) atoms. The van der Waals surface area contributed by atoms with Crippen LogP contribution in [0.4, 0.5) is 0 Å². The zero-order chi connectivity index (χ0) is 15.5. The lowest BCUT2D eigenvalue weighted by Crippen LogP contribution is -2.44. The molecule has 1 amide bonds. The van der Waals surface area contributed by atoms with Crippen molar-refractivity contribution in [2.75, 3.05) is 18.5 Å². The van der Waals surface area contributed by atoms with Crippen molar-refractivity contribution in [2.45, 2.75) is 33.2 Å². The molecule has 116 valence electrons. The predicted molar refractivity (Wildman–Crippen MR) is 86.6 cm³/mol. The lowest BCUT2D eigenvalue weighted by atomic mass is 9.85. The van der Waals surface area contributed by atoms with Crippen LogP contribution in [0.1, 0.15) is 37.6 Å². The molecule has 0 saturated heterocycles. The number of rotatable bonds is 4. The number of ether oxygens (including phenoxy) is 2. The number of carbonyl (C=O) groups excluding carboxylic acids is 1. The molecule has 2 rings (SSSR count).